The molecule has 2 heterocycles. The number of hydrogen-bond donors (Lipinski definition) is 1. The number of benzene rings is 1. The van der Waals surface area contributed by atoms with Gasteiger partial charge in [-0.15, -0.1) is 0 Å². The summed E-state index contributed by atoms with van der Waals surface area (Å²) in [7, 11) is 3.68. The summed E-state index contributed by atoms with van der Waals surface area (Å²) in [4.78, 5) is 15.4. The van der Waals surface area contributed by atoms with E-state index in [9.17, 15) is 0 Å². The number of nitrogens with zero attached hydrogens (tertiary/aromatic N) is 5. The number of hydrogen-bond acceptors (Lipinski definition) is 6. The number of methoxy groups -OCH3 is 1. The van der Waals surface area contributed by atoms with E-state index in [1.54, 1.807) is 13.3 Å². The third kappa shape index (κ3) is 5.54. The Morgan fingerprint density at radius 1 is 1.21 bits per heavy atom. The molecule has 0 radical (unpaired) electrons. The van der Waals surface area contributed by atoms with Crippen LogP contribution in [-0.4, -0.2) is 53.2 Å². The topological polar surface area (TPSA) is 88.7 Å². The molecule has 0 aliphatic carbocycles. The lowest BCUT2D eigenvalue weighted by Gasteiger charge is -2.23. The minimum atomic E-state index is 0.421. The van der Waals surface area contributed by atoms with Gasteiger partial charge in [-0.05, 0) is 25.1 Å². The number of aliphatic imine (C=N–C) groups is 1. The van der Waals surface area contributed by atoms with Crippen molar-refractivity contribution in [2.24, 2.45) is 4.99 Å². The molecule has 0 amide bonds. The fourth-order valence-electron chi connectivity index (χ4n) is 2.84. The van der Waals surface area contributed by atoms with Crippen LogP contribution in [0.15, 0.2) is 58.2 Å². The molecule has 0 saturated heterocycles. The average Bonchev–Trinajstić information content (AvgIpc) is 3.23. The standard InChI is InChI=1S/C21H26N6O2/c1-4-22-21(27(2)15-16-9-5-6-11-18(16)28-3)24-14-12-19-25-20(29-26-19)17-10-7-8-13-23-17/h5-11,13H,4,12,14-15H2,1-3H3,(H,22,24). The van der Waals surface area contributed by atoms with Crippen molar-refractivity contribution < 1.29 is 9.26 Å². The molecule has 0 spiro atoms. The number of rotatable bonds is 8. The maximum Gasteiger partial charge on any atom is 0.276 e. The molecule has 3 rings (SSSR count). The molecule has 0 aliphatic rings. The molecule has 0 aliphatic heterocycles. The summed E-state index contributed by atoms with van der Waals surface area (Å²) in [5, 5.41) is 7.34. The first kappa shape index (κ1) is 20.3. The van der Waals surface area contributed by atoms with Gasteiger partial charge in [-0.2, -0.15) is 4.98 Å². The maximum absolute atomic E-state index is 5.44. The molecule has 8 heteroatoms. The van der Waals surface area contributed by atoms with E-state index in [4.69, 9.17) is 14.3 Å². The Labute approximate surface area is 170 Å². The highest BCUT2D eigenvalue weighted by Gasteiger charge is 2.11. The van der Waals surface area contributed by atoms with Gasteiger partial charge < -0.3 is 19.5 Å². The summed E-state index contributed by atoms with van der Waals surface area (Å²) in [5.41, 5.74) is 1.76. The van der Waals surface area contributed by atoms with Gasteiger partial charge in [0.05, 0.1) is 7.11 Å². The summed E-state index contributed by atoms with van der Waals surface area (Å²) >= 11 is 0. The highest BCUT2D eigenvalue weighted by Crippen LogP contribution is 2.18. The van der Waals surface area contributed by atoms with Gasteiger partial charge in [0.1, 0.15) is 11.4 Å². The van der Waals surface area contributed by atoms with Gasteiger partial charge in [0.2, 0.25) is 0 Å². The van der Waals surface area contributed by atoms with E-state index in [-0.39, 0.29) is 0 Å². The molecule has 1 aromatic carbocycles. The first-order valence-electron chi connectivity index (χ1n) is 9.56. The van der Waals surface area contributed by atoms with Crippen molar-refractivity contribution >= 4 is 5.96 Å². The fraction of sp³-hybridized carbons (Fsp3) is 0.333. The van der Waals surface area contributed by atoms with E-state index in [1.807, 2.05) is 50.4 Å². The predicted octanol–water partition coefficient (Wildman–Crippen LogP) is 2.78. The summed E-state index contributed by atoms with van der Waals surface area (Å²) in [6.07, 6.45) is 2.28. The second kappa shape index (κ2) is 10.2. The zero-order valence-electron chi connectivity index (χ0n) is 17.0. The monoisotopic (exact) mass is 394 g/mol. The number of pyridine rings is 1. The molecule has 152 valence electrons. The number of ether oxygens (including phenoxy) is 1. The van der Waals surface area contributed by atoms with Crippen LogP contribution in [0.25, 0.3) is 11.6 Å². The van der Waals surface area contributed by atoms with Crippen LogP contribution in [0.5, 0.6) is 5.75 Å². The van der Waals surface area contributed by atoms with E-state index in [1.165, 1.54) is 0 Å². The second-order valence-electron chi connectivity index (χ2n) is 6.38. The molecular formula is C21H26N6O2. The van der Waals surface area contributed by atoms with Gasteiger partial charge >= 0.3 is 0 Å². The van der Waals surface area contributed by atoms with Crippen LogP contribution in [0.3, 0.4) is 0 Å². The zero-order chi connectivity index (χ0) is 20.5. The van der Waals surface area contributed by atoms with Crippen LogP contribution < -0.4 is 10.1 Å². The van der Waals surface area contributed by atoms with Crippen molar-refractivity contribution in [2.75, 3.05) is 27.2 Å². The Bertz CT molecular complexity index is 926. The van der Waals surface area contributed by atoms with Crippen LogP contribution in [0.1, 0.15) is 18.3 Å². The molecule has 0 fully saturated rings. The molecule has 0 unspecified atom stereocenters. The van der Waals surface area contributed by atoms with Gasteiger partial charge in [-0.25, -0.2) is 0 Å². The van der Waals surface area contributed by atoms with E-state index < -0.39 is 0 Å². The molecule has 0 bridgehead atoms. The molecule has 8 nitrogen and oxygen atoms in total. The van der Waals surface area contributed by atoms with E-state index in [0.29, 0.717) is 36.9 Å². The molecular weight excluding hydrogens is 368 g/mol. The highest BCUT2D eigenvalue weighted by atomic mass is 16.5. The lowest BCUT2D eigenvalue weighted by Crippen LogP contribution is -2.38. The Morgan fingerprint density at radius 2 is 2.03 bits per heavy atom. The Balaban J connectivity index is 1.62. The SMILES string of the molecule is CCNC(=NCCc1noc(-c2ccccn2)n1)N(C)Cc1ccccc1OC. The summed E-state index contributed by atoms with van der Waals surface area (Å²) < 4.78 is 10.7. The smallest absolute Gasteiger partial charge is 0.276 e. The largest absolute Gasteiger partial charge is 0.496 e. The number of guanidine groups is 1. The predicted molar refractivity (Wildman–Crippen MR) is 112 cm³/mol. The fourth-order valence-corrected chi connectivity index (χ4v) is 2.84. The van der Waals surface area contributed by atoms with E-state index in [0.717, 1.165) is 23.8 Å². The van der Waals surface area contributed by atoms with Crippen LogP contribution in [0.2, 0.25) is 0 Å². The average molecular weight is 394 g/mol. The molecule has 0 atom stereocenters. The molecule has 0 saturated carbocycles. The molecule has 1 N–H and O–H groups in total. The second-order valence-corrected chi connectivity index (χ2v) is 6.38. The van der Waals surface area contributed by atoms with Crippen molar-refractivity contribution in [3.05, 3.63) is 60.0 Å². The molecule has 29 heavy (non-hydrogen) atoms. The Hall–Kier alpha value is -3.42. The minimum absolute atomic E-state index is 0.421. The highest BCUT2D eigenvalue weighted by molar-refractivity contribution is 5.79. The first-order valence-corrected chi connectivity index (χ1v) is 9.56. The number of aromatic nitrogens is 3. The summed E-state index contributed by atoms with van der Waals surface area (Å²) in [6.45, 7) is 4.05. The van der Waals surface area contributed by atoms with Crippen LogP contribution >= 0.6 is 0 Å². The normalized spacial score (nSPS) is 11.3. The molecule has 3 aromatic rings. The Kier molecular flexibility index (Phi) is 7.16. The Morgan fingerprint density at radius 3 is 2.79 bits per heavy atom. The quantitative estimate of drug-likeness (QED) is 0.464. The van der Waals surface area contributed by atoms with Gasteiger partial charge in [0.15, 0.2) is 11.8 Å². The van der Waals surface area contributed by atoms with Gasteiger partial charge in [0.25, 0.3) is 5.89 Å². The van der Waals surface area contributed by atoms with Gasteiger partial charge in [-0.1, -0.05) is 29.4 Å². The van der Waals surface area contributed by atoms with Crippen LogP contribution in [0.4, 0.5) is 0 Å². The third-order valence-corrected chi connectivity index (χ3v) is 4.25. The van der Waals surface area contributed by atoms with Crippen LogP contribution in [-0.2, 0) is 13.0 Å². The lowest BCUT2D eigenvalue weighted by molar-refractivity contribution is 0.396. The minimum Gasteiger partial charge on any atom is -0.496 e. The summed E-state index contributed by atoms with van der Waals surface area (Å²) in [5.74, 6) is 2.71. The van der Waals surface area contributed by atoms with E-state index in [2.05, 4.69) is 31.4 Å². The van der Waals surface area contributed by atoms with Crippen molar-refractivity contribution in [3.8, 4) is 17.3 Å². The van der Waals surface area contributed by atoms with Gasteiger partial charge in [-0.3, -0.25) is 9.98 Å². The van der Waals surface area contributed by atoms with Crippen molar-refractivity contribution in [1.29, 1.82) is 0 Å². The van der Waals surface area contributed by atoms with Crippen molar-refractivity contribution in [2.45, 2.75) is 19.9 Å². The zero-order valence-corrected chi connectivity index (χ0v) is 17.0. The third-order valence-electron chi connectivity index (χ3n) is 4.25. The number of para-hydroxylation sites is 1. The van der Waals surface area contributed by atoms with Gasteiger partial charge in [0, 0.05) is 44.9 Å². The van der Waals surface area contributed by atoms with E-state index >= 15 is 0 Å². The summed E-state index contributed by atoms with van der Waals surface area (Å²) in [6, 6.07) is 13.6. The van der Waals surface area contributed by atoms with Crippen LogP contribution in [0, 0.1) is 0 Å². The lowest BCUT2D eigenvalue weighted by atomic mass is 10.2. The first-order chi connectivity index (χ1) is 14.2. The molecule has 2 aromatic heterocycles. The van der Waals surface area contributed by atoms with Crippen molar-refractivity contribution in [1.82, 2.24) is 25.3 Å². The number of nitrogens with one attached hydrogen (secondary N) is 1. The van der Waals surface area contributed by atoms with Crippen molar-refractivity contribution in [3.63, 3.8) is 0 Å². The maximum atomic E-state index is 5.44.